The second-order valence-corrected chi connectivity index (χ2v) is 7.11. The number of hydrogen-bond acceptors (Lipinski definition) is 5. The zero-order chi connectivity index (χ0) is 18.6. The fourth-order valence-corrected chi connectivity index (χ4v) is 3.26. The number of aliphatic hydroxyl groups is 2. The van der Waals surface area contributed by atoms with Crippen molar-refractivity contribution >= 4 is 13.5 Å². The summed E-state index contributed by atoms with van der Waals surface area (Å²) in [6.45, 7) is 0. The van der Waals surface area contributed by atoms with Crippen molar-refractivity contribution in [3.8, 4) is 5.75 Å². The number of hydrogen-bond donors (Lipinski definition) is 6. The average Bonchev–Trinajstić information content (AvgIpc) is 2.44. The van der Waals surface area contributed by atoms with Gasteiger partial charge in [0.1, 0.15) is 11.5 Å². The van der Waals surface area contributed by atoms with Crippen molar-refractivity contribution in [1.82, 2.24) is 5.09 Å². The molecule has 136 valence electrons. The number of benzene rings is 1. The maximum absolute atomic E-state index is 11.5. The third kappa shape index (κ3) is 5.72. The van der Waals surface area contributed by atoms with Crippen LogP contribution in [0.25, 0.3) is 0 Å². The molecule has 1 atom stereocenters. The fourth-order valence-electron chi connectivity index (χ4n) is 2.71. The van der Waals surface area contributed by atoms with Crippen molar-refractivity contribution in [3.05, 3.63) is 52.9 Å². The maximum Gasteiger partial charge on any atom is 0.427 e. The molecule has 0 heterocycles. The molecule has 25 heavy (non-hydrogen) atoms. The second kappa shape index (κ2) is 7.84. The van der Waals surface area contributed by atoms with Crippen molar-refractivity contribution < 1.29 is 34.5 Å². The first-order valence-electron chi connectivity index (χ1n) is 7.62. The number of phenols is 1. The van der Waals surface area contributed by atoms with E-state index in [1.165, 1.54) is 0 Å². The molecule has 0 saturated carbocycles. The van der Waals surface area contributed by atoms with E-state index in [4.69, 9.17) is 9.79 Å². The van der Waals surface area contributed by atoms with Gasteiger partial charge in [-0.2, -0.15) is 0 Å². The molecule has 1 aromatic carbocycles. The summed E-state index contributed by atoms with van der Waals surface area (Å²) in [7, 11) is -4.68. The Kier molecular flexibility index (Phi) is 6.02. The summed E-state index contributed by atoms with van der Waals surface area (Å²) >= 11 is 0. The number of carbonyl (C=O) groups is 1. The van der Waals surface area contributed by atoms with E-state index in [1.54, 1.807) is 18.2 Å². The largest absolute Gasteiger partial charge is 0.508 e. The first-order chi connectivity index (χ1) is 11.7. The average molecular weight is 369 g/mol. The molecule has 0 bridgehead atoms. The van der Waals surface area contributed by atoms with Crippen molar-refractivity contribution in [3.63, 3.8) is 0 Å². The van der Waals surface area contributed by atoms with Gasteiger partial charge in [-0.1, -0.05) is 12.1 Å². The Balaban J connectivity index is 2.09. The van der Waals surface area contributed by atoms with Crippen LogP contribution in [0.15, 0.2) is 47.4 Å². The highest BCUT2D eigenvalue weighted by molar-refractivity contribution is 7.49. The topological polar surface area (TPSA) is 147 Å². The number of allylic oxidation sites excluding steroid dienone is 2. The Morgan fingerprint density at radius 3 is 2.60 bits per heavy atom. The Labute approximate surface area is 144 Å². The Bertz CT molecular complexity index is 766. The third-order valence-corrected chi connectivity index (χ3v) is 4.28. The van der Waals surface area contributed by atoms with Crippen LogP contribution in [0, 0.1) is 0 Å². The molecule has 8 nitrogen and oxygen atoms in total. The van der Waals surface area contributed by atoms with Crippen LogP contribution < -0.4 is 5.09 Å². The molecule has 0 fully saturated rings. The number of ketones is 1. The molecular weight excluding hydrogens is 349 g/mol. The lowest BCUT2D eigenvalue weighted by Gasteiger charge is -2.23. The zero-order valence-corrected chi connectivity index (χ0v) is 14.2. The van der Waals surface area contributed by atoms with Crippen molar-refractivity contribution in [1.29, 1.82) is 0 Å². The molecule has 2 rings (SSSR count). The normalized spacial score (nSPS) is 16.6. The highest BCUT2D eigenvalue weighted by Gasteiger charge is 2.29. The minimum atomic E-state index is -4.68. The van der Waals surface area contributed by atoms with Gasteiger partial charge in [0.25, 0.3) is 0 Å². The van der Waals surface area contributed by atoms with Gasteiger partial charge in [-0.15, -0.1) is 0 Å². The summed E-state index contributed by atoms with van der Waals surface area (Å²) in [6, 6.07) is 6.67. The summed E-state index contributed by atoms with van der Waals surface area (Å²) in [5.74, 6) is -0.888. The van der Waals surface area contributed by atoms with E-state index in [0.717, 1.165) is 11.6 Å². The van der Waals surface area contributed by atoms with Gasteiger partial charge in [0.15, 0.2) is 5.78 Å². The van der Waals surface area contributed by atoms with Gasteiger partial charge in [-0.25, -0.2) is 4.57 Å². The molecule has 1 unspecified atom stereocenters. The molecule has 1 aliphatic carbocycles. The highest BCUT2D eigenvalue weighted by Crippen LogP contribution is 2.35. The van der Waals surface area contributed by atoms with E-state index in [1.807, 2.05) is 11.2 Å². The number of carbonyl (C=O) groups excluding carboxylic acids is 1. The molecule has 0 radical (unpaired) electrons. The van der Waals surface area contributed by atoms with E-state index in [2.05, 4.69) is 0 Å². The third-order valence-electron chi connectivity index (χ3n) is 3.72. The van der Waals surface area contributed by atoms with E-state index in [0.29, 0.717) is 12.8 Å². The van der Waals surface area contributed by atoms with Crippen LogP contribution in [0.5, 0.6) is 5.75 Å². The van der Waals surface area contributed by atoms with Crippen LogP contribution in [-0.2, 0) is 15.8 Å². The van der Waals surface area contributed by atoms with Gasteiger partial charge in [-0.3, -0.25) is 9.88 Å². The maximum atomic E-state index is 11.5. The van der Waals surface area contributed by atoms with Gasteiger partial charge in [-0.05, 0) is 37.0 Å². The number of rotatable bonds is 7. The van der Waals surface area contributed by atoms with Gasteiger partial charge in [0.05, 0.1) is 12.5 Å². The van der Waals surface area contributed by atoms with Crippen molar-refractivity contribution in [2.75, 3.05) is 0 Å². The molecule has 1 aliphatic rings. The minimum Gasteiger partial charge on any atom is -0.508 e. The Morgan fingerprint density at radius 2 is 1.96 bits per heavy atom. The summed E-state index contributed by atoms with van der Waals surface area (Å²) < 4.78 is 11.1. The molecule has 0 aliphatic heterocycles. The Morgan fingerprint density at radius 1 is 1.24 bits per heavy atom. The quantitative estimate of drug-likeness (QED) is 0.396. The van der Waals surface area contributed by atoms with Crippen LogP contribution >= 0.6 is 7.75 Å². The molecular formula is C16H20NO7P. The highest BCUT2D eigenvalue weighted by atomic mass is 31.2. The lowest BCUT2D eigenvalue weighted by Crippen LogP contribution is -2.25. The first-order valence-corrected chi connectivity index (χ1v) is 9.23. The van der Waals surface area contributed by atoms with Crippen LogP contribution in [0.3, 0.4) is 0 Å². The van der Waals surface area contributed by atoms with Crippen LogP contribution in [0.4, 0.5) is 0 Å². The molecule has 6 N–H and O–H groups in total. The monoisotopic (exact) mass is 369 g/mol. The summed E-state index contributed by atoms with van der Waals surface area (Å²) in [4.78, 5) is 29.6. The minimum absolute atomic E-state index is 0.0844. The van der Waals surface area contributed by atoms with E-state index >= 15 is 0 Å². The van der Waals surface area contributed by atoms with Crippen LogP contribution in [-0.4, -0.2) is 37.0 Å². The van der Waals surface area contributed by atoms with Crippen LogP contribution in [0.2, 0.25) is 0 Å². The van der Waals surface area contributed by atoms with Gasteiger partial charge < -0.3 is 25.1 Å². The lowest BCUT2D eigenvalue weighted by atomic mass is 9.93. The molecule has 0 saturated heterocycles. The second-order valence-electron chi connectivity index (χ2n) is 5.80. The standard InChI is InChI=1S/C16H20NO7P/c18-11-5-1-3-10(7-11)4-2-6-14(20)16-13(17-25(22,23)24)8-12(19)9-15(16)21/h1,3,5,7,9,14,18,20-21H,2,4,6,8H2,(H3,17,22,23,24). The van der Waals surface area contributed by atoms with E-state index in [-0.39, 0.29) is 29.9 Å². The zero-order valence-electron chi connectivity index (χ0n) is 13.3. The number of nitrogens with one attached hydrogen (secondary N) is 1. The van der Waals surface area contributed by atoms with Crippen LogP contribution in [0.1, 0.15) is 24.8 Å². The first kappa shape index (κ1) is 19.2. The van der Waals surface area contributed by atoms with Gasteiger partial charge in [0.2, 0.25) is 0 Å². The van der Waals surface area contributed by atoms with Crippen molar-refractivity contribution in [2.45, 2.75) is 31.8 Å². The van der Waals surface area contributed by atoms with E-state index < -0.39 is 25.4 Å². The molecule has 0 amide bonds. The SMILES string of the molecule is O=C1C=C(O)C(C(O)CCCc2cccc(O)c2)=C(NP(=O)(O)O)C1. The fraction of sp³-hybridized carbons (Fsp3) is 0.312. The predicted octanol–water partition coefficient (Wildman–Crippen LogP) is 1.43. The summed E-state index contributed by atoms with van der Waals surface area (Å²) in [6.07, 6.45) is 0.647. The number of aromatic hydroxyl groups is 1. The lowest BCUT2D eigenvalue weighted by molar-refractivity contribution is -0.114. The number of aliphatic hydroxyl groups excluding tert-OH is 2. The molecule has 1 aromatic rings. The van der Waals surface area contributed by atoms with E-state index in [9.17, 15) is 24.7 Å². The number of aryl methyl sites for hydroxylation is 1. The molecule has 9 heteroatoms. The van der Waals surface area contributed by atoms with Gasteiger partial charge >= 0.3 is 7.75 Å². The smallest absolute Gasteiger partial charge is 0.427 e. The predicted molar refractivity (Wildman–Crippen MR) is 89.6 cm³/mol. The van der Waals surface area contributed by atoms with Crippen molar-refractivity contribution in [2.24, 2.45) is 0 Å². The summed E-state index contributed by atoms with van der Waals surface area (Å²) in [5.41, 5.74) is 0.607. The van der Waals surface area contributed by atoms with Gasteiger partial charge in [0, 0.05) is 17.3 Å². The molecule has 0 spiro atoms. The molecule has 0 aromatic heterocycles. The summed E-state index contributed by atoms with van der Waals surface area (Å²) in [5, 5.41) is 31.6. The Hall–Kier alpha value is -2.12. The number of phenolic OH excluding ortho intramolecular Hbond substituents is 1.